The second kappa shape index (κ2) is 11.0. The van der Waals surface area contributed by atoms with Crippen molar-refractivity contribution >= 4 is 18.6 Å². The van der Waals surface area contributed by atoms with Gasteiger partial charge >= 0.3 is 13.1 Å². The first-order chi connectivity index (χ1) is 13.7. The van der Waals surface area contributed by atoms with Crippen LogP contribution >= 0.6 is 0 Å². The topological polar surface area (TPSA) is 63.2 Å². The number of carbonyl (C=O) groups excluding carboxylic acids is 1. The highest BCUT2D eigenvalue weighted by molar-refractivity contribution is 6.61. The van der Waals surface area contributed by atoms with Gasteiger partial charge in [-0.3, -0.25) is 4.79 Å². The highest BCUT2D eigenvalue weighted by Gasteiger charge is 2.52. The Morgan fingerprint density at radius 2 is 1.86 bits per heavy atom. The van der Waals surface area contributed by atoms with Gasteiger partial charge in [0.1, 0.15) is 12.2 Å². The number of fused-ring (bicyclic) bond motifs is 2. The van der Waals surface area contributed by atoms with Gasteiger partial charge in [0.2, 0.25) is 0 Å². The Balaban J connectivity index is 1.57. The lowest BCUT2D eigenvalue weighted by Crippen LogP contribution is -2.66. The van der Waals surface area contributed by atoms with Crippen molar-refractivity contribution in [3.63, 3.8) is 0 Å². The number of hydrogen-bond donors (Lipinski definition) is 0. The quantitative estimate of drug-likeness (QED) is 0.348. The van der Waals surface area contributed by atoms with E-state index in [1.165, 1.54) is 32.6 Å². The van der Waals surface area contributed by atoms with Crippen molar-refractivity contribution in [2.75, 3.05) is 13.2 Å². The number of ether oxygens (including phenoxy) is 3. The molecule has 0 unspecified atom stereocenters. The van der Waals surface area contributed by atoms with Crippen LogP contribution in [0.4, 0.5) is 0 Å². The molecule has 2 saturated heterocycles. The summed E-state index contributed by atoms with van der Waals surface area (Å²) in [4.78, 5) is 11.6. The van der Waals surface area contributed by atoms with Gasteiger partial charge in [-0.25, -0.2) is 0 Å². The summed E-state index contributed by atoms with van der Waals surface area (Å²) in [7, 11) is -0.521. The maximum absolute atomic E-state index is 11.6. The number of esters is 1. The Labute approximate surface area is 168 Å². The van der Waals surface area contributed by atoms with E-state index in [1.807, 2.05) is 30.3 Å². The van der Waals surface area contributed by atoms with Gasteiger partial charge in [-0.15, -0.1) is 0 Å². The molecule has 2 aliphatic heterocycles. The summed E-state index contributed by atoms with van der Waals surface area (Å²) in [5.74, 6) is -0.359. The summed E-state index contributed by atoms with van der Waals surface area (Å²) in [5.41, 5.74) is 0.926. The normalized spacial score (nSPS) is 26.9. The summed E-state index contributed by atoms with van der Waals surface area (Å²) < 4.78 is 29.4. The van der Waals surface area contributed by atoms with Crippen LogP contribution in [0.15, 0.2) is 30.3 Å². The smallest absolute Gasteiger partial charge is 0.457 e. The van der Waals surface area contributed by atoms with Crippen molar-refractivity contribution < 1.29 is 28.3 Å². The maximum Gasteiger partial charge on any atom is 0.494 e. The molecule has 2 fully saturated rings. The monoisotopic (exact) mass is 390 g/mol. The van der Waals surface area contributed by atoms with Crippen molar-refractivity contribution in [2.24, 2.45) is 0 Å². The molecule has 0 N–H and O–H groups in total. The molecule has 0 amide bonds. The molecule has 0 radical (unpaired) electrons. The molecule has 1 aromatic carbocycles. The number of rotatable bonds is 10. The van der Waals surface area contributed by atoms with E-state index in [2.05, 4.69) is 6.92 Å². The van der Waals surface area contributed by atoms with E-state index in [0.717, 1.165) is 18.3 Å². The molecule has 154 valence electrons. The Bertz CT molecular complexity index is 598. The fourth-order valence-electron chi connectivity index (χ4n) is 3.66. The van der Waals surface area contributed by atoms with Gasteiger partial charge in [-0.1, -0.05) is 69.4 Å². The van der Waals surface area contributed by atoms with E-state index in [4.69, 9.17) is 23.5 Å². The molecule has 1 aromatic rings. The van der Waals surface area contributed by atoms with E-state index >= 15 is 0 Å². The molecule has 28 heavy (non-hydrogen) atoms. The van der Waals surface area contributed by atoms with Crippen molar-refractivity contribution in [3.05, 3.63) is 30.3 Å². The standard InChI is InChI=1S/C21H31BO6/c1-3-4-5-6-7-11-14-24-21-20-19(26-16(2)23)18(15-25-21)27-22(28-20)17-12-9-8-10-13-17/h8-10,12-13,18-21H,3-7,11,14-15H2,1-2H3/t18-,19-,20-,21+/m1/s1. The average molecular weight is 390 g/mol. The van der Waals surface area contributed by atoms with E-state index in [9.17, 15) is 4.79 Å². The summed E-state index contributed by atoms with van der Waals surface area (Å²) in [5, 5.41) is 0. The number of unbranched alkanes of at least 4 members (excludes halogenated alkanes) is 5. The first-order valence-electron chi connectivity index (χ1n) is 10.5. The van der Waals surface area contributed by atoms with E-state index < -0.39 is 25.6 Å². The van der Waals surface area contributed by atoms with E-state index in [0.29, 0.717) is 13.2 Å². The zero-order valence-corrected chi connectivity index (χ0v) is 16.9. The third kappa shape index (κ3) is 5.80. The summed E-state index contributed by atoms with van der Waals surface area (Å²) in [6.45, 7) is 4.52. The van der Waals surface area contributed by atoms with Gasteiger partial charge in [0.25, 0.3) is 0 Å². The zero-order valence-electron chi connectivity index (χ0n) is 16.9. The number of carbonyl (C=O) groups is 1. The molecule has 2 aliphatic rings. The molecule has 0 aliphatic carbocycles. The SMILES string of the molecule is CCCCCCCCO[C@H]1OC[C@H]2OB(c3ccccc3)O[C@@H]1[C@@H]2OC(C)=O. The Morgan fingerprint density at radius 1 is 1.11 bits per heavy atom. The fraction of sp³-hybridized carbons (Fsp3) is 0.667. The van der Waals surface area contributed by atoms with Crippen LogP contribution in [-0.2, 0) is 28.3 Å². The second-order valence-corrected chi connectivity index (χ2v) is 7.43. The lowest BCUT2D eigenvalue weighted by Gasteiger charge is -2.46. The van der Waals surface area contributed by atoms with Crippen molar-refractivity contribution in [1.82, 2.24) is 0 Å². The Hall–Kier alpha value is -1.41. The van der Waals surface area contributed by atoms with Crippen LogP contribution in [0.3, 0.4) is 0 Å². The highest BCUT2D eigenvalue weighted by Crippen LogP contribution is 2.30. The minimum absolute atomic E-state index is 0.308. The summed E-state index contributed by atoms with van der Waals surface area (Å²) in [6.07, 6.45) is 5.18. The van der Waals surface area contributed by atoms with Crippen LogP contribution in [-0.4, -0.2) is 50.9 Å². The molecule has 7 heteroatoms. The van der Waals surface area contributed by atoms with Gasteiger partial charge in [-0.05, 0) is 11.9 Å². The molecule has 0 spiro atoms. The second-order valence-electron chi connectivity index (χ2n) is 7.43. The molecule has 2 bridgehead atoms. The predicted octanol–water partition coefficient (Wildman–Crippen LogP) is 2.83. The molecule has 3 rings (SSSR count). The molecule has 6 nitrogen and oxygen atoms in total. The molecule has 0 saturated carbocycles. The van der Waals surface area contributed by atoms with E-state index in [-0.39, 0.29) is 12.1 Å². The largest absolute Gasteiger partial charge is 0.494 e. The number of hydrogen-bond acceptors (Lipinski definition) is 6. The third-order valence-electron chi connectivity index (χ3n) is 5.12. The molecule has 2 heterocycles. The van der Waals surface area contributed by atoms with E-state index in [1.54, 1.807) is 0 Å². The Morgan fingerprint density at radius 3 is 2.61 bits per heavy atom. The minimum atomic E-state index is -0.564. The van der Waals surface area contributed by atoms with Gasteiger partial charge in [0.05, 0.1) is 6.61 Å². The van der Waals surface area contributed by atoms with Gasteiger partial charge in [-0.2, -0.15) is 0 Å². The maximum atomic E-state index is 11.6. The number of benzene rings is 1. The highest BCUT2D eigenvalue weighted by atomic mass is 16.7. The van der Waals surface area contributed by atoms with Crippen molar-refractivity contribution in [1.29, 1.82) is 0 Å². The van der Waals surface area contributed by atoms with Crippen LogP contribution in [0.1, 0.15) is 52.4 Å². The first kappa shape index (κ1) is 21.3. The summed E-state index contributed by atoms with van der Waals surface area (Å²) >= 11 is 0. The van der Waals surface area contributed by atoms with Crippen molar-refractivity contribution in [3.8, 4) is 0 Å². The van der Waals surface area contributed by atoms with Crippen LogP contribution in [0, 0.1) is 0 Å². The molecular weight excluding hydrogens is 359 g/mol. The van der Waals surface area contributed by atoms with Crippen LogP contribution in [0.2, 0.25) is 0 Å². The molecule has 4 atom stereocenters. The van der Waals surface area contributed by atoms with Crippen molar-refractivity contribution in [2.45, 2.75) is 77.0 Å². The molecule has 0 aromatic heterocycles. The first-order valence-corrected chi connectivity index (χ1v) is 10.5. The fourth-order valence-corrected chi connectivity index (χ4v) is 3.66. The average Bonchev–Trinajstić information content (AvgIpc) is 2.69. The minimum Gasteiger partial charge on any atom is -0.457 e. The third-order valence-corrected chi connectivity index (χ3v) is 5.12. The Kier molecular flexibility index (Phi) is 8.34. The van der Waals surface area contributed by atoms with Crippen LogP contribution in [0.5, 0.6) is 0 Å². The van der Waals surface area contributed by atoms with Crippen LogP contribution < -0.4 is 5.46 Å². The van der Waals surface area contributed by atoms with Gasteiger partial charge < -0.3 is 23.5 Å². The lowest BCUT2D eigenvalue weighted by atomic mass is 9.76. The molecular formula is C21H31BO6. The summed E-state index contributed by atoms with van der Waals surface area (Å²) in [6, 6.07) is 9.75. The zero-order chi connectivity index (χ0) is 19.8. The lowest BCUT2D eigenvalue weighted by molar-refractivity contribution is -0.284. The van der Waals surface area contributed by atoms with Gasteiger partial charge in [0, 0.05) is 13.5 Å². The van der Waals surface area contributed by atoms with Gasteiger partial charge in [0.15, 0.2) is 12.4 Å². The predicted molar refractivity (Wildman–Crippen MR) is 106 cm³/mol. The van der Waals surface area contributed by atoms with Crippen LogP contribution in [0.25, 0.3) is 0 Å².